The molecule has 23 heavy (non-hydrogen) atoms. The molecule has 0 N–H and O–H groups in total. The van der Waals surface area contributed by atoms with Crippen molar-refractivity contribution in [1.82, 2.24) is 0 Å². The molecule has 0 radical (unpaired) electrons. The predicted octanol–water partition coefficient (Wildman–Crippen LogP) is 5.76. The summed E-state index contributed by atoms with van der Waals surface area (Å²) in [5, 5.41) is 0. The van der Waals surface area contributed by atoms with Crippen LogP contribution in [0.4, 0.5) is 13.2 Å². The van der Waals surface area contributed by atoms with Crippen LogP contribution in [0.3, 0.4) is 0 Å². The topological polar surface area (TPSA) is 35.5 Å². The van der Waals surface area contributed by atoms with Crippen molar-refractivity contribution in [3.63, 3.8) is 0 Å². The Morgan fingerprint density at radius 2 is 1.70 bits per heavy atom. The van der Waals surface area contributed by atoms with E-state index in [9.17, 15) is 17.7 Å². The maximum atomic E-state index is 12.8. The summed E-state index contributed by atoms with van der Waals surface area (Å²) in [5.74, 6) is 0. The van der Waals surface area contributed by atoms with Gasteiger partial charge in [0.15, 0.2) is 0 Å². The fourth-order valence-corrected chi connectivity index (χ4v) is 4.12. The Bertz CT molecular complexity index is 580. The van der Waals surface area contributed by atoms with Crippen molar-refractivity contribution in [3.8, 4) is 0 Å². The van der Waals surface area contributed by atoms with Crippen LogP contribution in [0, 0.1) is 0 Å². The molecule has 0 spiro atoms. The number of rotatable bonds is 7. The van der Waals surface area contributed by atoms with Gasteiger partial charge in [0, 0.05) is 0 Å². The number of allylic oxidation sites excluding steroid dienone is 1. The highest BCUT2D eigenvalue weighted by atomic mass is 31.2. The molecule has 7 heteroatoms. The number of alkyl halides is 3. The van der Waals surface area contributed by atoms with Gasteiger partial charge in [-0.3, -0.25) is 4.57 Å². The van der Waals surface area contributed by atoms with Crippen LogP contribution in [0.15, 0.2) is 30.8 Å². The third kappa shape index (κ3) is 6.50. The largest absolute Gasteiger partial charge is 0.416 e. The molecule has 0 bridgehead atoms. The highest BCUT2D eigenvalue weighted by Gasteiger charge is 2.32. The molecule has 1 aromatic carbocycles. The number of halogens is 3. The zero-order chi connectivity index (χ0) is 17.8. The summed E-state index contributed by atoms with van der Waals surface area (Å²) >= 11 is 0. The molecule has 0 unspecified atom stereocenters. The van der Waals surface area contributed by atoms with Crippen LogP contribution >= 0.6 is 7.60 Å². The second-order valence-electron chi connectivity index (χ2n) is 5.76. The first kappa shape index (κ1) is 19.9. The van der Waals surface area contributed by atoms with Crippen molar-refractivity contribution in [2.45, 2.75) is 46.1 Å². The van der Waals surface area contributed by atoms with Gasteiger partial charge in [-0.15, -0.1) is 0 Å². The van der Waals surface area contributed by atoms with Gasteiger partial charge in [0.2, 0.25) is 0 Å². The second kappa shape index (κ2) is 7.65. The van der Waals surface area contributed by atoms with Crippen LogP contribution in [-0.4, -0.2) is 18.4 Å². The third-order valence-corrected chi connectivity index (χ3v) is 4.98. The van der Waals surface area contributed by atoms with Crippen molar-refractivity contribution < 1.29 is 26.8 Å². The molecule has 0 atom stereocenters. The molecule has 0 saturated carbocycles. The summed E-state index contributed by atoms with van der Waals surface area (Å²) < 4.78 is 61.9. The molecule has 0 aliphatic rings. The average molecular weight is 350 g/mol. The summed E-state index contributed by atoms with van der Waals surface area (Å²) in [6.45, 7) is 10.6. The van der Waals surface area contributed by atoms with E-state index in [0.29, 0.717) is 0 Å². The number of hydrogen-bond donors (Lipinski definition) is 0. The molecule has 0 amide bonds. The first-order valence-electron chi connectivity index (χ1n) is 7.24. The van der Waals surface area contributed by atoms with Crippen LogP contribution in [0.25, 0.3) is 5.57 Å². The second-order valence-corrected chi connectivity index (χ2v) is 7.72. The molecule has 130 valence electrons. The molecular formula is C16H22F3O3P. The Balaban J connectivity index is 3.01. The summed E-state index contributed by atoms with van der Waals surface area (Å²) in [7, 11) is -3.49. The fourth-order valence-electron chi connectivity index (χ4n) is 1.98. The highest BCUT2D eigenvalue weighted by molar-refractivity contribution is 7.54. The van der Waals surface area contributed by atoms with E-state index in [1.165, 1.54) is 12.1 Å². The third-order valence-electron chi connectivity index (χ3n) is 2.73. The lowest BCUT2D eigenvalue weighted by atomic mass is 10.1. The Labute approximate surface area is 135 Å². The lowest BCUT2D eigenvalue weighted by Gasteiger charge is -2.23. The van der Waals surface area contributed by atoms with Crippen LogP contribution in [-0.2, 0) is 19.8 Å². The minimum Gasteiger partial charge on any atom is -0.306 e. The molecule has 0 saturated heterocycles. The van der Waals surface area contributed by atoms with E-state index in [1.807, 2.05) is 0 Å². The molecule has 0 aromatic heterocycles. The van der Waals surface area contributed by atoms with Crippen LogP contribution in [0.2, 0.25) is 0 Å². The summed E-state index contributed by atoms with van der Waals surface area (Å²) in [5.41, 5.74) is -0.235. The predicted molar refractivity (Wildman–Crippen MR) is 85.4 cm³/mol. The monoisotopic (exact) mass is 350 g/mol. The Morgan fingerprint density at radius 1 is 1.17 bits per heavy atom. The maximum Gasteiger partial charge on any atom is 0.416 e. The Kier molecular flexibility index (Phi) is 6.63. The summed E-state index contributed by atoms with van der Waals surface area (Å²) in [6.07, 6.45) is -5.28. The van der Waals surface area contributed by atoms with Crippen molar-refractivity contribution in [1.29, 1.82) is 0 Å². The molecule has 0 aliphatic carbocycles. The van der Waals surface area contributed by atoms with Gasteiger partial charge in [0.25, 0.3) is 0 Å². The molecular weight excluding hydrogens is 328 g/mol. The molecule has 3 nitrogen and oxygen atoms in total. The Hall–Kier alpha value is -1.10. The van der Waals surface area contributed by atoms with Gasteiger partial charge in [-0.25, -0.2) is 0 Å². The lowest BCUT2D eigenvalue weighted by Crippen LogP contribution is -2.11. The SMILES string of the molecule is C=C(CP(=O)(OC(C)C)OC(C)C)c1cccc(C(F)(F)F)c1. The standard InChI is InChI=1S/C16H22F3O3P/c1-11(2)21-23(20,22-12(3)4)10-13(5)14-7-6-8-15(9-14)16(17,18)19/h6-9,11-12H,5,10H2,1-4H3. The quantitative estimate of drug-likeness (QED) is 0.586. The minimum absolute atomic E-state index is 0.162. The minimum atomic E-state index is -4.44. The smallest absolute Gasteiger partial charge is 0.306 e. The highest BCUT2D eigenvalue weighted by Crippen LogP contribution is 2.53. The van der Waals surface area contributed by atoms with Gasteiger partial charge in [-0.1, -0.05) is 18.7 Å². The van der Waals surface area contributed by atoms with E-state index >= 15 is 0 Å². The Morgan fingerprint density at radius 3 is 2.13 bits per heavy atom. The molecule has 1 aromatic rings. The van der Waals surface area contributed by atoms with E-state index in [0.717, 1.165) is 12.1 Å². The van der Waals surface area contributed by atoms with Crippen LogP contribution in [0.5, 0.6) is 0 Å². The van der Waals surface area contributed by atoms with Gasteiger partial charge in [0.05, 0.1) is 23.9 Å². The van der Waals surface area contributed by atoms with Crippen LogP contribution < -0.4 is 0 Å². The van der Waals surface area contributed by atoms with Gasteiger partial charge in [-0.2, -0.15) is 13.2 Å². The average Bonchev–Trinajstić information content (AvgIpc) is 2.35. The van der Waals surface area contributed by atoms with Crippen molar-refractivity contribution in [2.24, 2.45) is 0 Å². The van der Waals surface area contributed by atoms with E-state index in [1.54, 1.807) is 27.7 Å². The van der Waals surface area contributed by atoms with Crippen LogP contribution in [0.1, 0.15) is 38.8 Å². The van der Waals surface area contributed by atoms with Gasteiger partial charge < -0.3 is 9.05 Å². The summed E-state index contributed by atoms with van der Waals surface area (Å²) in [4.78, 5) is 0. The van der Waals surface area contributed by atoms with E-state index in [-0.39, 0.29) is 29.5 Å². The number of benzene rings is 1. The van der Waals surface area contributed by atoms with Gasteiger partial charge in [0.1, 0.15) is 0 Å². The molecule has 1 rings (SSSR count). The zero-order valence-electron chi connectivity index (χ0n) is 13.7. The first-order valence-corrected chi connectivity index (χ1v) is 8.97. The lowest BCUT2D eigenvalue weighted by molar-refractivity contribution is -0.137. The van der Waals surface area contributed by atoms with Gasteiger partial charge >= 0.3 is 13.8 Å². The van der Waals surface area contributed by atoms with E-state index < -0.39 is 19.3 Å². The maximum absolute atomic E-state index is 12.8. The molecule has 0 heterocycles. The molecule has 0 aliphatic heterocycles. The zero-order valence-corrected chi connectivity index (χ0v) is 14.6. The van der Waals surface area contributed by atoms with E-state index in [4.69, 9.17) is 9.05 Å². The number of hydrogen-bond acceptors (Lipinski definition) is 3. The molecule has 0 fully saturated rings. The van der Waals surface area contributed by atoms with Crippen molar-refractivity contribution in [3.05, 3.63) is 42.0 Å². The summed E-state index contributed by atoms with van der Waals surface area (Å²) in [6, 6.07) is 4.75. The van der Waals surface area contributed by atoms with Crippen molar-refractivity contribution >= 4 is 13.2 Å². The van der Waals surface area contributed by atoms with Gasteiger partial charge in [-0.05, 0) is 51.0 Å². The fraction of sp³-hybridized carbons (Fsp3) is 0.500. The van der Waals surface area contributed by atoms with E-state index in [2.05, 4.69) is 6.58 Å². The normalized spacial score (nSPS) is 12.9. The first-order chi connectivity index (χ1) is 10.4. The van der Waals surface area contributed by atoms with Crippen molar-refractivity contribution in [2.75, 3.05) is 6.16 Å².